The summed E-state index contributed by atoms with van der Waals surface area (Å²) >= 11 is 3.33. The summed E-state index contributed by atoms with van der Waals surface area (Å²) in [5.74, 6) is -0.169. The van der Waals surface area contributed by atoms with Gasteiger partial charge < -0.3 is 9.63 Å². The zero-order valence-corrected chi connectivity index (χ0v) is 8.15. The van der Waals surface area contributed by atoms with E-state index < -0.39 is 0 Å². The maximum absolute atomic E-state index is 8.93. The minimum absolute atomic E-state index is 0.169. The molecule has 4 heteroatoms. The molecule has 0 aliphatic rings. The molecule has 0 saturated heterocycles. The van der Waals surface area contributed by atoms with Crippen LogP contribution in [0.25, 0.3) is 11.3 Å². The van der Waals surface area contributed by atoms with E-state index in [1.54, 1.807) is 0 Å². The first-order chi connectivity index (χ1) is 6.25. The first-order valence-corrected chi connectivity index (χ1v) is 4.46. The van der Waals surface area contributed by atoms with Gasteiger partial charge in [-0.25, -0.2) is 0 Å². The minimum atomic E-state index is -0.169. The van der Waals surface area contributed by atoms with Crippen LogP contribution in [0.3, 0.4) is 0 Å². The first-order valence-electron chi connectivity index (χ1n) is 3.67. The second-order valence-electron chi connectivity index (χ2n) is 2.56. The van der Waals surface area contributed by atoms with Gasteiger partial charge in [-0.2, -0.15) is 0 Å². The largest absolute Gasteiger partial charge is 0.479 e. The number of aromatic hydroxyl groups is 1. The number of hydrogen-bond acceptors (Lipinski definition) is 3. The van der Waals surface area contributed by atoms with Crippen molar-refractivity contribution in [2.24, 2.45) is 0 Å². The minimum Gasteiger partial charge on any atom is -0.479 e. The Hall–Kier alpha value is -1.29. The number of nitrogens with zero attached hydrogens (tertiary/aromatic N) is 1. The van der Waals surface area contributed by atoms with Crippen molar-refractivity contribution in [3.8, 4) is 17.2 Å². The van der Waals surface area contributed by atoms with Gasteiger partial charge >= 0.3 is 5.95 Å². The van der Waals surface area contributed by atoms with E-state index in [0.717, 1.165) is 10.0 Å². The highest BCUT2D eigenvalue weighted by Crippen LogP contribution is 2.23. The highest BCUT2D eigenvalue weighted by molar-refractivity contribution is 9.10. The molecule has 66 valence electrons. The van der Waals surface area contributed by atoms with Crippen molar-refractivity contribution in [2.45, 2.75) is 0 Å². The van der Waals surface area contributed by atoms with Gasteiger partial charge in [0.05, 0.1) is 6.07 Å². The lowest BCUT2D eigenvalue weighted by atomic mass is 10.2. The molecule has 0 aliphatic heterocycles. The summed E-state index contributed by atoms with van der Waals surface area (Å²) < 4.78 is 5.55. The topological polar surface area (TPSA) is 46.3 Å². The van der Waals surface area contributed by atoms with Crippen molar-refractivity contribution in [2.75, 3.05) is 0 Å². The third kappa shape index (κ3) is 1.72. The van der Waals surface area contributed by atoms with Gasteiger partial charge in [0.1, 0.15) is 5.69 Å². The molecule has 0 spiro atoms. The molecule has 3 nitrogen and oxygen atoms in total. The Morgan fingerprint density at radius 2 is 1.92 bits per heavy atom. The van der Waals surface area contributed by atoms with Crippen LogP contribution in [0, 0.1) is 0 Å². The van der Waals surface area contributed by atoms with Crippen LogP contribution in [-0.2, 0) is 0 Å². The van der Waals surface area contributed by atoms with Gasteiger partial charge in [0.25, 0.3) is 0 Å². The van der Waals surface area contributed by atoms with Gasteiger partial charge in [-0.1, -0.05) is 33.2 Å². The maximum Gasteiger partial charge on any atom is 0.309 e. The quantitative estimate of drug-likeness (QED) is 0.833. The molecule has 2 rings (SSSR count). The molecule has 0 saturated carbocycles. The fourth-order valence-corrected chi connectivity index (χ4v) is 1.29. The molecule has 1 heterocycles. The monoisotopic (exact) mass is 239 g/mol. The number of hydrogen-bond donors (Lipinski definition) is 1. The predicted molar refractivity (Wildman–Crippen MR) is 51.3 cm³/mol. The third-order valence-electron chi connectivity index (χ3n) is 1.64. The Labute approximate surface area is 83.1 Å². The molecule has 0 radical (unpaired) electrons. The Balaban J connectivity index is 2.41. The lowest BCUT2D eigenvalue weighted by Gasteiger charge is -1.93. The van der Waals surface area contributed by atoms with Crippen LogP contribution in [0.15, 0.2) is 39.3 Å². The van der Waals surface area contributed by atoms with E-state index in [0.29, 0.717) is 5.69 Å². The van der Waals surface area contributed by atoms with Crippen LogP contribution in [0.5, 0.6) is 5.95 Å². The van der Waals surface area contributed by atoms with Crippen LogP contribution in [0.1, 0.15) is 0 Å². The first kappa shape index (κ1) is 8.31. The summed E-state index contributed by atoms with van der Waals surface area (Å²) in [6, 6.07) is 9.06. The van der Waals surface area contributed by atoms with E-state index in [1.165, 1.54) is 6.07 Å². The molecule has 1 aromatic heterocycles. The van der Waals surface area contributed by atoms with Crippen LogP contribution in [0.2, 0.25) is 0 Å². The normalized spacial score (nSPS) is 10.2. The molecule has 2 aromatic rings. The van der Waals surface area contributed by atoms with Gasteiger partial charge in [-0.3, -0.25) is 0 Å². The smallest absolute Gasteiger partial charge is 0.309 e. The lowest BCUT2D eigenvalue weighted by Crippen LogP contribution is -1.74. The fraction of sp³-hybridized carbons (Fsp3) is 0. The lowest BCUT2D eigenvalue weighted by molar-refractivity contribution is 0.278. The second-order valence-corrected chi connectivity index (χ2v) is 3.47. The second kappa shape index (κ2) is 3.22. The predicted octanol–water partition coefficient (Wildman–Crippen LogP) is 2.81. The molecule has 13 heavy (non-hydrogen) atoms. The van der Waals surface area contributed by atoms with E-state index in [4.69, 9.17) is 5.11 Å². The standard InChI is InChI=1S/C9H6BrNO2/c10-7-3-1-6(2-4-7)8-5-9(12)13-11-8/h1-5,12H. The van der Waals surface area contributed by atoms with Crippen molar-refractivity contribution in [1.82, 2.24) is 5.16 Å². The van der Waals surface area contributed by atoms with Crippen molar-refractivity contribution in [3.63, 3.8) is 0 Å². The van der Waals surface area contributed by atoms with Gasteiger partial charge in [0, 0.05) is 10.0 Å². The highest BCUT2D eigenvalue weighted by Gasteiger charge is 2.03. The van der Waals surface area contributed by atoms with E-state index in [2.05, 4.69) is 25.6 Å². The molecule has 0 bridgehead atoms. The Morgan fingerprint density at radius 1 is 1.23 bits per heavy atom. The number of benzene rings is 1. The molecule has 1 aromatic carbocycles. The van der Waals surface area contributed by atoms with Crippen LogP contribution >= 0.6 is 15.9 Å². The van der Waals surface area contributed by atoms with Crippen molar-refractivity contribution >= 4 is 15.9 Å². The molecule has 0 amide bonds. The third-order valence-corrected chi connectivity index (χ3v) is 2.17. The van der Waals surface area contributed by atoms with Crippen LogP contribution in [-0.4, -0.2) is 10.3 Å². The number of rotatable bonds is 1. The summed E-state index contributed by atoms with van der Waals surface area (Å²) in [6.45, 7) is 0. The van der Waals surface area contributed by atoms with Crippen molar-refractivity contribution in [3.05, 3.63) is 34.8 Å². The number of aromatic nitrogens is 1. The molecule has 0 aliphatic carbocycles. The number of halogens is 1. The molecular weight excluding hydrogens is 234 g/mol. The summed E-state index contributed by atoms with van der Waals surface area (Å²) in [5, 5.41) is 12.6. The molecule has 0 atom stereocenters. The average Bonchev–Trinajstić information content (AvgIpc) is 2.53. The summed E-state index contributed by atoms with van der Waals surface area (Å²) in [6.07, 6.45) is 0. The van der Waals surface area contributed by atoms with Crippen molar-refractivity contribution < 1.29 is 9.63 Å². The van der Waals surface area contributed by atoms with Crippen LogP contribution < -0.4 is 0 Å². The van der Waals surface area contributed by atoms with E-state index >= 15 is 0 Å². The van der Waals surface area contributed by atoms with Gasteiger partial charge in [0.15, 0.2) is 0 Å². The average molecular weight is 240 g/mol. The van der Waals surface area contributed by atoms with E-state index in [9.17, 15) is 0 Å². The van der Waals surface area contributed by atoms with Gasteiger partial charge in [-0.15, -0.1) is 0 Å². The molecule has 0 unspecified atom stereocenters. The molecule has 1 N–H and O–H groups in total. The Bertz CT molecular complexity index is 408. The van der Waals surface area contributed by atoms with Gasteiger partial charge in [-0.05, 0) is 12.1 Å². The highest BCUT2D eigenvalue weighted by atomic mass is 79.9. The van der Waals surface area contributed by atoms with E-state index in [-0.39, 0.29) is 5.95 Å². The summed E-state index contributed by atoms with van der Waals surface area (Å²) in [5.41, 5.74) is 1.54. The molecule has 0 fully saturated rings. The zero-order valence-electron chi connectivity index (χ0n) is 6.57. The summed E-state index contributed by atoms with van der Waals surface area (Å²) in [7, 11) is 0. The summed E-state index contributed by atoms with van der Waals surface area (Å²) in [4.78, 5) is 0. The van der Waals surface area contributed by atoms with Crippen molar-refractivity contribution in [1.29, 1.82) is 0 Å². The zero-order chi connectivity index (χ0) is 9.26. The van der Waals surface area contributed by atoms with Crippen LogP contribution in [0.4, 0.5) is 0 Å². The maximum atomic E-state index is 8.93. The Morgan fingerprint density at radius 3 is 2.46 bits per heavy atom. The molecular formula is C9H6BrNO2. The SMILES string of the molecule is Oc1cc(-c2ccc(Br)cc2)no1. The van der Waals surface area contributed by atoms with E-state index in [1.807, 2.05) is 24.3 Å². The van der Waals surface area contributed by atoms with Gasteiger partial charge in [0.2, 0.25) is 0 Å². The Kier molecular flexibility index (Phi) is 2.06. The fourth-order valence-electron chi connectivity index (χ4n) is 1.02.